The first kappa shape index (κ1) is 13.5. The molecule has 1 saturated heterocycles. The minimum atomic E-state index is -1.03. The maximum Gasteiger partial charge on any atom is 0.335 e. The van der Waals surface area contributed by atoms with Crippen LogP contribution in [0.5, 0.6) is 0 Å². The van der Waals surface area contributed by atoms with Crippen LogP contribution >= 0.6 is 0 Å². The Morgan fingerprint density at radius 3 is 2.37 bits per heavy atom. The first-order chi connectivity index (χ1) is 9.00. The molecule has 0 bridgehead atoms. The van der Waals surface area contributed by atoms with E-state index < -0.39 is 5.97 Å². The summed E-state index contributed by atoms with van der Waals surface area (Å²) >= 11 is 0. The number of carbonyl (C=O) groups excluding carboxylic acids is 1. The van der Waals surface area contributed by atoms with Gasteiger partial charge in [0.15, 0.2) is 0 Å². The van der Waals surface area contributed by atoms with Crippen molar-refractivity contribution in [2.45, 2.75) is 25.9 Å². The predicted octanol–water partition coefficient (Wildman–Crippen LogP) is 1.63. The van der Waals surface area contributed by atoms with Gasteiger partial charge in [-0.1, -0.05) is 6.07 Å². The Morgan fingerprint density at radius 1 is 1.21 bits per heavy atom. The van der Waals surface area contributed by atoms with E-state index in [1.165, 1.54) is 12.1 Å². The standard InChI is InChI=1S/C14H17NO4/c1-9-7-19-8-10(2)15(9)13(16)11-4-3-5-12(6-11)14(17)18/h3-6,9-10H,7-8H2,1-2H3,(H,17,18)/t9-,10-/m1/s1. The summed E-state index contributed by atoms with van der Waals surface area (Å²) in [6.07, 6.45) is 0. The quantitative estimate of drug-likeness (QED) is 0.880. The number of ether oxygens (including phenoxy) is 1. The van der Waals surface area contributed by atoms with Crippen molar-refractivity contribution in [3.8, 4) is 0 Å². The Morgan fingerprint density at radius 2 is 1.79 bits per heavy atom. The van der Waals surface area contributed by atoms with Crippen LogP contribution in [0.2, 0.25) is 0 Å². The van der Waals surface area contributed by atoms with Crippen LogP contribution in [0, 0.1) is 0 Å². The summed E-state index contributed by atoms with van der Waals surface area (Å²) in [4.78, 5) is 25.2. The molecule has 1 N–H and O–H groups in total. The first-order valence-corrected chi connectivity index (χ1v) is 6.24. The molecule has 5 heteroatoms. The number of rotatable bonds is 2. The number of carbonyl (C=O) groups is 2. The molecule has 2 atom stereocenters. The summed E-state index contributed by atoms with van der Waals surface area (Å²) in [6, 6.07) is 6.11. The Bertz CT molecular complexity index is 490. The van der Waals surface area contributed by atoms with E-state index in [1.54, 1.807) is 17.0 Å². The minimum Gasteiger partial charge on any atom is -0.478 e. The zero-order chi connectivity index (χ0) is 14.0. The van der Waals surface area contributed by atoms with Gasteiger partial charge in [0.25, 0.3) is 5.91 Å². The number of hydrogen-bond donors (Lipinski definition) is 1. The predicted molar refractivity (Wildman–Crippen MR) is 69.3 cm³/mol. The van der Waals surface area contributed by atoms with Crippen molar-refractivity contribution < 1.29 is 19.4 Å². The number of aromatic carboxylic acids is 1. The molecule has 1 aliphatic heterocycles. The van der Waals surface area contributed by atoms with Crippen LogP contribution in [0.15, 0.2) is 24.3 Å². The third-order valence-electron chi connectivity index (χ3n) is 3.26. The normalized spacial score (nSPS) is 23.2. The summed E-state index contributed by atoms with van der Waals surface area (Å²) in [5, 5.41) is 8.96. The van der Waals surface area contributed by atoms with Crippen LogP contribution in [-0.4, -0.2) is 47.2 Å². The molecule has 0 unspecified atom stereocenters. The van der Waals surface area contributed by atoms with Gasteiger partial charge in [0, 0.05) is 5.56 Å². The summed E-state index contributed by atoms with van der Waals surface area (Å²) < 4.78 is 5.38. The van der Waals surface area contributed by atoms with Crippen molar-refractivity contribution in [2.75, 3.05) is 13.2 Å². The van der Waals surface area contributed by atoms with Crippen LogP contribution < -0.4 is 0 Å². The fourth-order valence-electron chi connectivity index (χ4n) is 2.34. The Hall–Kier alpha value is -1.88. The highest BCUT2D eigenvalue weighted by Crippen LogP contribution is 2.18. The molecule has 1 fully saturated rings. The molecule has 0 saturated carbocycles. The Balaban J connectivity index is 2.27. The van der Waals surface area contributed by atoms with Crippen molar-refractivity contribution >= 4 is 11.9 Å². The van der Waals surface area contributed by atoms with Crippen molar-refractivity contribution in [1.29, 1.82) is 0 Å². The summed E-state index contributed by atoms with van der Waals surface area (Å²) in [7, 11) is 0. The van der Waals surface area contributed by atoms with Crippen LogP contribution in [-0.2, 0) is 4.74 Å². The molecule has 1 heterocycles. The number of hydrogen-bond acceptors (Lipinski definition) is 3. The molecule has 2 rings (SSSR count). The zero-order valence-corrected chi connectivity index (χ0v) is 11.0. The smallest absolute Gasteiger partial charge is 0.335 e. The third-order valence-corrected chi connectivity index (χ3v) is 3.26. The van der Waals surface area contributed by atoms with E-state index in [1.807, 2.05) is 13.8 Å². The Kier molecular flexibility index (Phi) is 3.85. The lowest BCUT2D eigenvalue weighted by atomic mass is 10.1. The number of benzene rings is 1. The maximum atomic E-state index is 12.5. The van der Waals surface area contributed by atoms with Gasteiger partial charge in [-0.05, 0) is 32.0 Å². The Labute approximate surface area is 111 Å². The van der Waals surface area contributed by atoms with Crippen LogP contribution in [0.3, 0.4) is 0 Å². The second-order valence-corrected chi connectivity index (χ2v) is 4.83. The fraction of sp³-hybridized carbons (Fsp3) is 0.429. The fourth-order valence-corrected chi connectivity index (χ4v) is 2.34. The van der Waals surface area contributed by atoms with Crippen molar-refractivity contribution in [2.24, 2.45) is 0 Å². The van der Waals surface area contributed by atoms with E-state index in [-0.39, 0.29) is 23.6 Å². The van der Waals surface area contributed by atoms with Gasteiger partial charge < -0.3 is 14.7 Å². The summed E-state index contributed by atoms with van der Waals surface area (Å²) in [5.74, 6) is -1.18. The molecule has 5 nitrogen and oxygen atoms in total. The van der Waals surface area contributed by atoms with Gasteiger partial charge in [-0.15, -0.1) is 0 Å². The molecule has 1 aliphatic rings. The minimum absolute atomic E-state index is 0.00951. The van der Waals surface area contributed by atoms with Gasteiger partial charge in [-0.2, -0.15) is 0 Å². The molecule has 0 aliphatic carbocycles. The lowest BCUT2D eigenvalue weighted by Gasteiger charge is -2.38. The second kappa shape index (κ2) is 5.40. The number of carboxylic acid groups (broad SMARTS) is 1. The highest BCUT2D eigenvalue weighted by atomic mass is 16.5. The number of amides is 1. The van der Waals surface area contributed by atoms with E-state index in [9.17, 15) is 9.59 Å². The molecular weight excluding hydrogens is 246 g/mol. The SMILES string of the molecule is C[C@@H]1COC[C@@H](C)N1C(=O)c1cccc(C(=O)O)c1. The number of nitrogens with zero attached hydrogens (tertiary/aromatic N) is 1. The maximum absolute atomic E-state index is 12.5. The molecule has 1 aromatic carbocycles. The largest absolute Gasteiger partial charge is 0.478 e. The van der Waals surface area contributed by atoms with E-state index >= 15 is 0 Å². The zero-order valence-electron chi connectivity index (χ0n) is 11.0. The van der Waals surface area contributed by atoms with Crippen LogP contribution in [0.4, 0.5) is 0 Å². The van der Waals surface area contributed by atoms with Crippen LogP contribution in [0.25, 0.3) is 0 Å². The topological polar surface area (TPSA) is 66.8 Å². The van der Waals surface area contributed by atoms with Crippen LogP contribution in [0.1, 0.15) is 34.6 Å². The summed E-state index contributed by atoms with van der Waals surface area (Å²) in [5.41, 5.74) is 0.528. The van der Waals surface area contributed by atoms with Crippen molar-refractivity contribution in [3.05, 3.63) is 35.4 Å². The highest BCUT2D eigenvalue weighted by Gasteiger charge is 2.30. The van der Waals surface area contributed by atoms with E-state index in [0.717, 1.165) is 0 Å². The van der Waals surface area contributed by atoms with Gasteiger partial charge >= 0.3 is 5.97 Å². The number of morpholine rings is 1. The average Bonchev–Trinajstić information content (AvgIpc) is 2.38. The number of carboxylic acids is 1. The van der Waals surface area contributed by atoms with E-state index in [2.05, 4.69) is 0 Å². The molecule has 1 amide bonds. The van der Waals surface area contributed by atoms with Gasteiger partial charge in [0.05, 0.1) is 30.9 Å². The van der Waals surface area contributed by atoms with Gasteiger partial charge in [-0.3, -0.25) is 4.79 Å². The van der Waals surface area contributed by atoms with Gasteiger partial charge in [0.2, 0.25) is 0 Å². The lowest BCUT2D eigenvalue weighted by molar-refractivity contribution is -0.0249. The van der Waals surface area contributed by atoms with E-state index in [0.29, 0.717) is 18.8 Å². The average molecular weight is 263 g/mol. The monoisotopic (exact) mass is 263 g/mol. The molecular formula is C14H17NO4. The first-order valence-electron chi connectivity index (χ1n) is 6.24. The lowest BCUT2D eigenvalue weighted by Crippen LogP contribution is -2.52. The molecule has 1 aromatic rings. The van der Waals surface area contributed by atoms with Crippen molar-refractivity contribution in [3.63, 3.8) is 0 Å². The van der Waals surface area contributed by atoms with Crippen molar-refractivity contribution in [1.82, 2.24) is 4.90 Å². The van der Waals surface area contributed by atoms with Gasteiger partial charge in [0.1, 0.15) is 0 Å². The highest BCUT2D eigenvalue weighted by molar-refractivity contribution is 5.97. The second-order valence-electron chi connectivity index (χ2n) is 4.83. The summed E-state index contributed by atoms with van der Waals surface area (Å²) in [6.45, 7) is 4.87. The van der Waals surface area contributed by atoms with E-state index in [4.69, 9.17) is 9.84 Å². The third kappa shape index (κ3) is 2.76. The van der Waals surface area contributed by atoms with Gasteiger partial charge in [-0.25, -0.2) is 4.79 Å². The molecule has 102 valence electrons. The molecule has 0 spiro atoms. The molecule has 0 aromatic heterocycles. The molecule has 19 heavy (non-hydrogen) atoms. The molecule has 0 radical (unpaired) electrons.